The minimum absolute atomic E-state index is 0.152. The highest BCUT2D eigenvalue weighted by molar-refractivity contribution is 5.90. The molecule has 24 nitrogen and oxygen atoms in total. The average Bonchev–Trinajstić information content (AvgIpc) is 1.55. The topological polar surface area (TPSA) is 296 Å². The number of carbonyl (C=O) groups excluding carboxylic acids is 5. The predicted molar refractivity (Wildman–Crippen MR) is 424 cm³/mol. The Morgan fingerprint density at radius 1 is 0.409 bits per heavy atom. The number of imidazole rings is 3. The lowest BCUT2D eigenvalue weighted by molar-refractivity contribution is -0.125. The van der Waals surface area contributed by atoms with Gasteiger partial charge >= 0.3 is 0 Å². The van der Waals surface area contributed by atoms with Gasteiger partial charge in [-0.15, -0.1) is 0 Å². The minimum atomic E-state index is -0.542. The van der Waals surface area contributed by atoms with E-state index in [0.29, 0.717) is 59.2 Å². The van der Waals surface area contributed by atoms with E-state index in [4.69, 9.17) is 0 Å². The van der Waals surface area contributed by atoms with E-state index < -0.39 is 22.2 Å². The Morgan fingerprint density at radius 2 is 0.891 bits per heavy atom. The second kappa shape index (κ2) is 28.6. The lowest BCUT2D eigenvalue weighted by Gasteiger charge is -2.28. The van der Waals surface area contributed by atoms with Crippen LogP contribution in [-0.4, -0.2) is 138 Å². The molecule has 9 aromatic heterocycles. The molecule has 14 heterocycles. The second-order valence-corrected chi connectivity index (χ2v) is 35.3. The summed E-state index contributed by atoms with van der Waals surface area (Å²) >= 11 is 0. The molecule has 24 heteroatoms. The summed E-state index contributed by atoms with van der Waals surface area (Å²) < 4.78 is 6.02. The molecule has 10 aromatic rings. The molecule has 10 N–H and O–H groups in total. The first kappa shape index (κ1) is 74.5. The van der Waals surface area contributed by atoms with E-state index >= 15 is 0 Å². The highest BCUT2D eigenvalue weighted by Gasteiger charge is 2.61. The van der Waals surface area contributed by atoms with Crippen molar-refractivity contribution in [3.05, 3.63) is 186 Å². The normalized spacial score (nSPS) is 26.9. The van der Waals surface area contributed by atoms with E-state index in [2.05, 4.69) is 160 Å². The molecule has 5 aliphatic heterocycles. The monoisotopic (exact) mass is 1490 g/mol. The van der Waals surface area contributed by atoms with Crippen LogP contribution < -0.4 is 53.2 Å². The van der Waals surface area contributed by atoms with Gasteiger partial charge in [-0.25, -0.2) is 15.0 Å². The molecule has 110 heavy (non-hydrogen) atoms. The number of aromatic nitrogens is 9. The Balaban J connectivity index is 0.000000104. The zero-order valence-electron chi connectivity index (χ0n) is 65.6. The van der Waals surface area contributed by atoms with Crippen molar-refractivity contribution in [3.63, 3.8) is 0 Å². The Bertz CT molecular complexity index is 5080. The second-order valence-electron chi connectivity index (χ2n) is 35.3. The van der Waals surface area contributed by atoms with Crippen molar-refractivity contribution in [2.24, 2.45) is 88.8 Å². The maximum atomic E-state index is 12.7. The van der Waals surface area contributed by atoms with Gasteiger partial charge in [0.1, 0.15) is 16.9 Å². The van der Waals surface area contributed by atoms with Crippen LogP contribution in [0.5, 0.6) is 0 Å². The van der Waals surface area contributed by atoms with Gasteiger partial charge in [-0.3, -0.25) is 38.9 Å². The average molecular weight is 1490 g/mol. The molecular formula is C86H107N19O5. The summed E-state index contributed by atoms with van der Waals surface area (Å²) in [7, 11) is 0. The van der Waals surface area contributed by atoms with Crippen LogP contribution in [0.25, 0.3) is 38.6 Å². The van der Waals surface area contributed by atoms with Gasteiger partial charge in [0, 0.05) is 124 Å². The summed E-state index contributed by atoms with van der Waals surface area (Å²) in [5.41, 5.74) is 9.41. The zero-order valence-corrected chi connectivity index (χ0v) is 65.6. The first-order valence-electron chi connectivity index (χ1n) is 39.6. The van der Waals surface area contributed by atoms with Crippen molar-refractivity contribution in [1.82, 2.24) is 96.3 Å². The van der Waals surface area contributed by atoms with Crippen LogP contribution in [0.4, 0.5) is 0 Å². The molecule has 15 atom stereocenters. The van der Waals surface area contributed by atoms with E-state index in [1.807, 2.05) is 148 Å². The van der Waals surface area contributed by atoms with E-state index in [1.165, 1.54) is 5.39 Å². The van der Waals surface area contributed by atoms with Gasteiger partial charge in [0.15, 0.2) is 0 Å². The molecule has 0 spiro atoms. The number of hydrogen-bond donors (Lipinski definition) is 10. The van der Waals surface area contributed by atoms with Crippen molar-refractivity contribution >= 4 is 68.2 Å². The Hall–Kier alpha value is -9.59. The third-order valence-corrected chi connectivity index (χ3v) is 25.7. The summed E-state index contributed by atoms with van der Waals surface area (Å²) in [6.45, 7) is 36.3. The van der Waals surface area contributed by atoms with Gasteiger partial charge in [-0.05, 0) is 268 Å². The van der Waals surface area contributed by atoms with E-state index in [1.54, 1.807) is 18.6 Å². The van der Waals surface area contributed by atoms with Crippen molar-refractivity contribution in [2.75, 3.05) is 65.4 Å². The highest BCUT2D eigenvalue weighted by atomic mass is 16.2. The van der Waals surface area contributed by atoms with E-state index in [-0.39, 0.29) is 64.7 Å². The van der Waals surface area contributed by atoms with E-state index in [0.717, 1.165) is 144 Å². The van der Waals surface area contributed by atoms with Crippen LogP contribution in [0.15, 0.2) is 141 Å². The molecule has 5 aliphatic carbocycles. The first-order chi connectivity index (χ1) is 52.6. The Kier molecular flexibility index (Phi) is 19.4. The molecule has 576 valence electrons. The number of benzene rings is 1. The summed E-state index contributed by atoms with van der Waals surface area (Å²) in [5, 5.41) is 36.2. The third-order valence-electron chi connectivity index (χ3n) is 25.7. The smallest absolute Gasteiger partial charge is 0.224 e. The molecule has 5 saturated heterocycles. The van der Waals surface area contributed by atoms with E-state index in [9.17, 15) is 24.0 Å². The number of piperidine rings is 5. The predicted octanol–water partition coefficient (Wildman–Crippen LogP) is 7.88. The molecular weight excluding hydrogens is 1380 g/mol. The molecule has 20 rings (SSSR count). The highest BCUT2D eigenvalue weighted by Crippen LogP contribution is 2.53. The summed E-state index contributed by atoms with van der Waals surface area (Å²) in [6.07, 6.45) is 17.1. The fraction of sp³-hybridized carbons (Fsp3) is 0.500. The number of fused-ring (bicyclic) bond motifs is 10. The van der Waals surface area contributed by atoms with Crippen LogP contribution in [0, 0.1) is 110 Å². The lowest BCUT2D eigenvalue weighted by Crippen LogP contribution is -2.44. The third kappa shape index (κ3) is 14.5. The molecule has 10 fully saturated rings. The van der Waals surface area contributed by atoms with Crippen molar-refractivity contribution in [1.29, 1.82) is 0 Å². The van der Waals surface area contributed by atoms with Gasteiger partial charge < -0.3 is 66.4 Å². The van der Waals surface area contributed by atoms with Crippen molar-refractivity contribution in [3.8, 4) is 0 Å². The van der Waals surface area contributed by atoms with Crippen LogP contribution in [0.3, 0.4) is 0 Å². The largest absolute Gasteiger partial charge is 0.347 e. The zero-order chi connectivity index (χ0) is 77.1. The van der Waals surface area contributed by atoms with Crippen LogP contribution in [-0.2, 0) is 51.7 Å². The van der Waals surface area contributed by atoms with Crippen LogP contribution >= 0.6 is 0 Å². The molecule has 1 aromatic carbocycles. The van der Waals surface area contributed by atoms with Gasteiger partial charge in [0.2, 0.25) is 29.5 Å². The van der Waals surface area contributed by atoms with Crippen LogP contribution in [0.1, 0.15) is 114 Å². The minimum Gasteiger partial charge on any atom is -0.347 e. The molecule has 5 amide bonds. The Labute approximate surface area is 642 Å². The molecule has 0 radical (unpaired) electrons. The van der Waals surface area contributed by atoms with Gasteiger partial charge in [0.05, 0.1) is 44.6 Å². The van der Waals surface area contributed by atoms with Crippen molar-refractivity contribution in [2.45, 2.75) is 118 Å². The van der Waals surface area contributed by atoms with Gasteiger partial charge in [0.25, 0.3) is 0 Å². The van der Waals surface area contributed by atoms with Crippen molar-refractivity contribution < 1.29 is 24.0 Å². The number of pyridine rings is 6. The lowest BCUT2D eigenvalue weighted by atomic mass is 9.90. The van der Waals surface area contributed by atoms with Gasteiger partial charge in [-0.1, -0.05) is 42.5 Å². The molecule has 10 aliphatic rings. The number of hydrogen-bond acceptors (Lipinski definition) is 16. The number of amides is 5. The van der Waals surface area contributed by atoms with Crippen LogP contribution in [0.2, 0.25) is 0 Å². The standard InChI is InChI=1S/C19H23N3O.C18H22N4O.C17H22N4O.2C16H20N4O/c1-11-12-6-4-5-7-13(12)16(10-21-11)19(2,3)22-18(23)17-14-8-20-9-15(14)17;1-10-7-11-5-4-6-20-15(11)16(21-10)18(2,3)22-17(23)14-12-8-19-9-13(12)14;1-10-4-5-13(15-19-6-7-21(10)15)17(2,3)20-16(22)14-11-8-18-9-12(11)14;1-16(2,10-3-5-20-6-4-18-13(20)7-10)19-15(21)14-11-8-17-9-12(11)14;1-16(2,12-9-20-6-4-3-5-13(20)18-12)19-15(21)14-10-7-17-8-11(10)14/h4-7,10,14-15,17,20H,8-9H2,1-3H3,(H,22,23);4-7,12-14,19H,8-9H2,1-3H3,(H,22,23);4-7,11-12,14,18H,8-9H2,1-3H3,(H,20,22);3-7,11-12,14,17H,8-9H2,1-2H3,(H,19,21);3-6,9-11,14,17H,7-8H2,1-2H3,(H,19,21)/t14-,15+,17?;12-,13+,14?;2*11-,12+,14?;10-,11+,14?. The molecule has 0 bridgehead atoms. The number of nitrogens with zero attached hydrogens (tertiary/aromatic N) is 9. The van der Waals surface area contributed by atoms with Gasteiger partial charge in [-0.2, -0.15) is 0 Å². The maximum absolute atomic E-state index is 12.7. The number of aryl methyl sites for hydroxylation is 3. The fourth-order valence-corrected chi connectivity index (χ4v) is 19.0. The number of nitrogens with one attached hydrogen (secondary N) is 10. The number of rotatable bonds is 15. The fourth-order valence-electron chi connectivity index (χ4n) is 19.0. The molecule has 5 unspecified atom stereocenters. The SMILES string of the molecule is CC(C)(NC(=O)C1[C@H]2CNC[C@@H]12)c1ccn2ccnc2c1.CC(C)(NC(=O)C1[C@H]2CNC[C@@H]12)c1cn2ccccc2n1.Cc1cc2cccnc2c(C(C)(C)NC(=O)C2[C@H]3CNC[C@@H]23)n1.Cc1ccc(C(C)(C)NC(=O)C2[C@H]3CNC[C@@H]23)c2nccn12.Cc1ncc(C(C)(C)NC(=O)C2[C@H]3CNC[C@@H]23)c2ccccc12. The first-order valence-corrected chi connectivity index (χ1v) is 39.6. The summed E-state index contributed by atoms with van der Waals surface area (Å²) in [5.74, 6) is 7.25. The summed E-state index contributed by atoms with van der Waals surface area (Å²) in [4.78, 5) is 89.9. The molecule has 5 saturated carbocycles. The Morgan fingerprint density at radius 3 is 1.43 bits per heavy atom. The quantitative estimate of drug-likeness (QED) is 0.0467. The number of carbonyl (C=O) groups is 5. The summed E-state index contributed by atoms with van der Waals surface area (Å²) in [6, 6.07) is 28.4. The maximum Gasteiger partial charge on any atom is 0.224 e.